The molecule has 0 aromatic heterocycles. The molecular weight excluding hydrogens is 282 g/mol. The number of benzene rings is 1. The molecule has 3 rings (SSSR count). The Morgan fingerprint density at radius 2 is 2.19 bits per heavy atom. The predicted octanol–water partition coefficient (Wildman–Crippen LogP) is 3.28. The lowest BCUT2D eigenvalue weighted by Gasteiger charge is -2.44. The van der Waals surface area contributed by atoms with Gasteiger partial charge in [-0.05, 0) is 42.9 Å². The average Bonchev–Trinajstić information content (AvgIpc) is 2.79. The molecule has 2 unspecified atom stereocenters. The van der Waals surface area contributed by atoms with Gasteiger partial charge in [-0.15, -0.1) is 11.8 Å². The van der Waals surface area contributed by atoms with Gasteiger partial charge in [0.25, 0.3) is 0 Å². The van der Waals surface area contributed by atoms with Gasteiger partial charge in [0.1, 0.15) is 6.04 Å². The van der Waals surface area contributed by atoms with E-state index in [0.717, 1.165) is 32.4 Å². The summed E-state index contributed by atoms with van der Waals surface area (Å²) in [7, 11) is 0. The van der Waals surface area contributed by atoms with Crippen LogP contribution in [-0.2, 0) is 11.2 Å². The zero-order chi connectivity index (χ0) is 15.0. The zero-order valence-electron chi connectivity index (χ0n) is 12.7. The van der Waals surface area contributed by atoms with Crippen LogP contribution >= 0.6 is 11.8 Å². The van der Waals surface area contributed by atoms with Gasteiger partial charge >= 0.3 is 5.97 Å². The zero-order valence-corrected chi connectivity index (χ0v) is 13.5. The molecule has 1 aromatic rings. The molecule has 3 nitrogen and oxygen atoms in total. The molecule has 1 saturated heterocycles. The molecule has 1 aromatic carbocycles. The molecule has 2 aliphatic rings. The molecule has 0 spiro atoms. The normalized spacial score (nSPS) is 28.3. The molecule has 4 heteroatoms. The predicted molar refractivity (Wildman–Crippen MR) is 85.8 cm³/mol. The Kier molecular flexibility index (Phi) is 4.02. The van der Waals surface area contributed by atoms with Crippen LogP contribution in [0.25, 0.3) is 0 Å². The van der Waals surface area contributed by atoms with Gasteiger partial charge in [0, 0.05) is 16.7 Å². The number of hydrogen-bond donors (Lipinski definition) is 1. The highest BCUT2D eigenvalue weighted by molar-refractivity contribution is 8.00. The van der Waals surface area contributed by atoms with Crippen molar-refractivity contribution in [3.63, 3.8) is 0 Å². The maximum Gasteiger partial charge on any atom is 0.321 e. The highest BCUT2D eigenvalue weighted by atomic mass is 32.2. The van der Waals surface area contributed by atoms with Gasteiger partial charge in [-0.25, -0.2) is 0 Å². The number of thioether (sulfide) groups is 1. The SMILES string of the molecule is CC1(C)CCCN(CC2Cc3ccccc3S2)C1C(=O)O. The first-order valence-electron chi connectivity index (χ1n) is 7.69. The molecule has 2 aliphatic heterocycles. The van der Waals surface area contributed by atoms with Gasteiger partial charge in [0.05, 0.1) is 0 Å². The fourth-order valence-electron chi connectivity index (χ4n) is 3.80. The number of likely N-dealkylation sites (tertiary alicyclic amines) is 1. The van der Waals surface area contributed by atoms with Gasteiger partial charge in [0.2, 0.25) is 0 Å². The number of aliphatic carboxylic acids is 1. The Labute approximate surface area is 130 Å². The van der Waals surface area contributed by atoms with Gasteiger partial charge in [0.15, 0.2) is 0 Å². The quantitative estimate of drug-likeness (QED) is 0.930. The molecule has 114 valence electrons. The van der Waals surface area contributed by atoms with Crippen LogP contribution in [0.1, 0.15) is 32.3 Å². The van der Waals surface area contributed by atoms with Gasteiger partial charge < -0.3 is 5.11 Å². The molecule has 0 saturated carbocycles. The van der Waals surface area contributed by atoms with Gasteiger partial charge in [-0.3, -0.25) is 9.69 Å². The number of carbonyl (C=O) groups is 1. The molecule has 0 radical (unpaired) electrons. The summed E-state index contributed by atoms with van der Waals surface area (Å²) in [5.41, 5.74) is 1.27. The van der Waals surface area contributed by atoms with Crippen molar-refractivity contribution in [3.8, 4) is 0 Å². The van der Waals surface area contributed by atoms with E-state index in [2.05, 4.69) is 43.0 Å². The van der Waals surface area contributed by atoms with Crippen LogP contribution in [0.4, 0.5) is 0 Å². The van der Waals surface area contributed by atoms with Crippen molar-refractivity contribution in [2.45, 2.75) is 49.3 Å². The lowest BCUT2D eigenvalue weighted by molar-refractivity contribution is -0.150. The third-order valence-corrected chi connectivity index (χ3v) is 6.06. The summed E-state index contributed by atoms with van der Waals surface area (Å²) in [6.07, 6.45) is 3.16. The Morgan fingerprint density at radius 3 is 2.90 bits per heavy atom. The number of rotatable bonds is 3. The maximum absolute atomic E-state index is 11.7. The molecule has 21 heavy (non-hydrogen) atoms. The van der Waals surface area contributed by atoms with E-state index in [4.69, 9.17) is 0 Å². The molecule has 2 atom stereocenters. The van der Waals surface area contributed by atoms with Crippen molar-refractivity contribution in [1.29, 1.82) is 0 Å². The number of piperidine rings is 1. The van der Waals surface area contributed by atoms with Gasteiger partial charge in [-0.1, -0.05) is 32.0 Å². The lowest BCUT2D eigenvalue weighted by Crippen LogP contribution is -2.55. The Bertz CT molecular complexity index is 518. The van der Waals surface area contributed by atoms with E-state index < -0.39 is 5.97 Å². The van der Waals surface area contributed by atoms with Gasteiger partial charge in [-0.2, -0.15) is 0 Å². The van der Waals surface area contributed by atoms with Crippen LogP contribution in [0.3, 0.4) is 0 Å². The third kappa shape index (κ3) is 2.97. The number of carboxylic acid groups (broad SMARTS) is 1. The summed E-state index contributed by atoms with van der Waals surface area (Å²) in [5.74, 6) is -0.666. The topological polar surface area (TPSA) is 40.5 Å². The molecule has 0 aliphatic carbocycles. The molecule has 2 heterocycles. The highest BCUT2D eigenvalue weighted by Gasteiger charge is 2.43. The van der Waals surface area contributed by atoms with Crippen LogP contribution in [0.15, 0.2) is 29.2 Å². The number of carboxylic acids is 1. The maximum atomic E-state index is 11.7. The summed E-state index contributed by atoms with van der Waals surface area (Å²) in [6, 6.07) is 8.19. The minimum atomic E-state index is -0.666. The highest BCUT2D eigenvalue weighted by Crippen LogP contribution is 2.40. The molecule has 0 amide bonds. The Balaban J connectivity index is 1.71. The first-order chi connectivity index (χ1) is 9.97. The number of hydrogen-bond acceptors (Lipinski definition) is 3. The summed E-state index contributed by atoms with van der Waals surface area (Å²) < 4.78 is 0. The Morgan fingerprint density at radius 1 is 1.43 bits per heavy atom. The first kappa shape index (κ1) is 14.9. The summed E-state index contributed by atoms with van der Waals surface area (Å²) in [5, 5.41) is 10.1. The van der Waals surface area contributed by atoms with E-state index in [1.165, 1.54) is 10.5 Å². The monoisotopic (exact) mass is 305 g/mol. The molecule has 0 bridgehead atoms. The van der Waals surface area contributed by atoms with Crippen molar-refractivity contribution in [2.24, 2.45) is 5.41 Å². The second kappa shape index (κ2) is 5.65. The van der Waals surface area contributed by atoms with Crippen molar-refractivity contribution in [3.05, 3.63) is 29.8 Å². The minimum Gasteiger partial charge on any atom is -0.480 e. The fourth-order valence-corrected chi connectivity index (χ4v) is 5.15. The summed E-state index contributed by atoms with van der Waals surface area (Å²) in [6.45, 7) is 5.97. The van der Waals surface area contributed by atoms with E-state index in [1.54, 1.807) is 0 Å². The second-order valence-corrected chi connectivity index (χ2v) is 8.22. The van der Waals surface area contributed by atoms with E-state index >= 15 is 0 Å². The fraction of sp³-hybridized carbons (Fsp3) is 0.588. The van der Waals surface area contributed by atoms with Crippen molar-refractivity contribution < 1.29 is 9.90 Å². The Hall–Kier alpha value is -1.00. The standard InChI is InChI=1S/C17H23NO2S/c1-17(2)8-5-9-18(15(17)16(19)20)11-13-10-12-6-3-4-7-14(12)21-13/h3-4,6-7,13,15H,5,8-11H2,1-2H3,(H,19,20). The van der Waals surface area contributed by atoms with Crippen LogP contribution in [0, 0.1) is 5.41 Å². The van der Waals surface area contributed by atoms with E-state index in [0.29, 0.717) is 5.25 Å². The van der Waals surface area contributed by atoms with Crippen LogP contribution in [-0.4, -0.2) is 40.4 Å². The lowest BCUT2D eigenvalue weighted by atomic mass is 9.76. The van der Waals surface area contributed by atoms with Crippen LogP contribution in [0.2, 0.25) is 0 Å². The smallest absolute Gasteiger partial charge is 0.321 e. The first-order valence-corrected chi connectivity index (χ1v) is 8.57. The van der Waals surface area contributed by atoms with Crippen LogP contribution < -0.4 is 0 Å². The van der Waals surface area contributed by atoms with E-state index in [-0.39, 0.29) is 11.5 Å². The van der Waals surface area contributed by atoms with Crippen molar-refractivity contribution in [1.82, 2.24) is 4.90 Å². The average molecular weight is 305 g/mol. The van der Waals surface area contributed by atoms with Crippen LogP contribution in [0.5, 0.6) is 0 Å². The number of fused-ring (bicyclic) bond motifs is 1. The summed E-state index contributed by atoms with van der Waals surface area (Å²) >= 11 is 1.91. The molecule has 1 N–H and O–H groups in total. The number of nitrogens with zero attached hydrogens (tertiary/aromatic N) is 1. The molecule has 1 fully saturated rings. The van der Waals surface area contributed by atoms with E-state index in [9.17, 15) is 9.90 Å². The van der Waals surface area contributed by atoms with Crippen molar-refractivity contribution >= 4 is 17.7 Å². The minimum absolute atomic E-state index is 0.139. The molecular formula is C17H23NO2S. The third-order valence-electron chi connectivity index (χ3n) is 4.76. The van der Waals surface area contributed by atoms with E-state index in [1.807, 2.05) is 11.8 Å². The largest absolute Gasteiger partial charge is 0.480 e. The summed E-state index contributed by atoms with van der Waals surface area (Å²) in [4.78, 5) is 15.3. The second-order valence-electron chi connectivity index (χ2n) is 6.88. The van der Waals surface area contributed by atoms with Crippen molar-refractivity contribution in [2.75, 3.05) is 13.1 Å².